The van der Waals surface area contributed by atoms with E-state index >= 15 is 0 Å². The highest BCUT2D eigenvalue weighted by molar-refractivity contribution is 7.99. The molecule has 1 heterocycles. The Morgan fingerprint density at radius 1 is 1.15 bits per heavy atom. The number of benzene rings is 2. The Balaban J connectivity index is 1.55. The van der Waals surface area contributed by atoms with Crippen molar-refractivity contribution in [2.75, 3.05) is 24.8 Å². The summed E-state index contributed by atoms with van der Waals surface area (Å²) in [5.74, 6) is 1.84. The van der Waals surface area contributed by atoms with Gasteiger partial charge >= 0.3 is 0 Å². The molecule has 1 aromatic heterocycles. The molecule has 1 amide bonds. The van der Waals surface area contributed by atoms with Crippen molar-refractivity contribution in [2.24, 2.45) is 0 Å². The first-order valence-electron chi connectivity index (χ1n) is 8.31. The number of hydrogen-bond acceptors (Lipinski definition) is 7. The third kappa shape index (κ3) is 5.24. The summed E-state index contributed by atoms with van der Waals surface area (Å²) >= 11 is 1.18. The molecular weight excluding hydrogens is 366 g/mol. The van der Waals surface area contributed by atoms with Gasteiger partial charge in [-0.3, -0.25) is 4.79 Å². The van der Waals surface area contributed by atoms with Gasteiger partial charge in [-0.05, 0) is 43.3 Å². The van der Waals surface area contributed by atoms with E-state index in [2.05, 4.69) is 15.5 Å². The summed E-state index contributed by atoms with van der Waals surface area (Å²) in [5.41, 5.74) is 1.46. The van der Waals surface area contributed by atoms with E-state index in [1.54, 1.807) is 19.2 Å². The molecule has 3 rings (SSSR count). The van der Waals surface area contributed by atoms with E-state index < -0.39 is 0 Å². The monoisotopic (exact) mass is 385 g/mol. The first-order valence-corrected chi connectivity index (χ1v) is 9.30. The van der Waals surface area contributed by atoms with Crippen LogP contribution in [0.4, 0.5) is 5.69 Å². The summed E-state index contributed by atoms with van der Waals surface area (Å²) in [6, 6.07) is 14.6. The molecule has 7 nitrogen and oxygen atoms in total. The lowest BCUT2D eigenvalue weighted by Gasteiger charge is -2.05. The number of thioether (sulfide) groups is 1. The number of aromatic nitrogens is 2. The average Bonchev–Trinajstić information content (AvgIpc) is 3.16. The number of anilines is 1. The number of carbonyl (C=O) groups is 1. The summed E-state index contributed by atoms with van der Waals surface area (Å²) in [4.78, 5) is 12.1. The Hall–Kier alpha value is -3.00. The molecule has 0 radical (unpaired) electrons. The lowest BCUT2D eigenvalue weighted by Crippen LogP contribution is -2.13. The minimum Gasteiger partial charge on any atom is -0.497 e. The number of nitrogens with one attached hydrogen (secondary N) is 1. The molecule has 0 saturated carbocycles. The highest BCUT2D eigenvalue weighted by atomic mass is 32.2. The van der Waals surface area contributed by atoms with Crippen LogP contribution in [0.2, 0.25) is 0 Å². The van der Waals surface area contributed by atoms with Crippen LogP contribution in [0.3, 0.4) is 0 Å². The summed E-state index contributed by atoms with van der Waals surface area (Å²) < 4.78 is 16.1. The lowest BCUT2D eigenvalue weighted by atomic mass is 10.2. The van der Waals surface area contributed by atoms with E-state index in [1.807, 2.05) is 43.3 Å². The van der Waals surface area contributed by atoms with Crippen LogP contribution < -0.4 is 14.8 Å². The van der Waals surface area contributed by atoms with Gasteiger partial charge in [-0.25, -0.2) is 0 Å². The molecule has 8 heteroatoms. The zero-order valence-corrected chi connectivity index (χ0v) is 15.8. The largest absolute Gasteiger partial charge is 0.497 e. The Bertz CT molecular complexity index is 896. The first kappa shape index (κ1) is 18.8. The molecule has 0 bridgehead atoms. The summed E-state index contributed by atoms with van der Waals surface area (Å²) in [6.45, 7) is 2.54. The van der Waals surface area contributed by atoms with Crippen molar-refractivity contribution in [3.63, 3.8) is 0 Å². The fourth-order valence-corrected chi connectivity index (χ4v) is 2.83. The van der Waals surface area contributed by atoms with Crippen LogP contribution >= 0.6 is 11.8 Å². The maximum atomic E-state index is 12.1. The Morgan fingerprint density at radius 3 is 2.70 bits per heavy atom. The van der Waals surface area contributed by atoms with E-state index in [0.29, 0.717) is 29.2 Å². The van der Waals surface area contributed by atoms with Crippen molar-refractivity contribution in [1.29, 1.82) is 0 Å². The van der Waals surface area contributed by atoms with Crippen molar-refractivity contribution in [3.8, 4) is 23.0 Å². The zero-order valence-electron chi connectivity index (χ0n) is 15.0. The minimum atomic E-state index is -0.172. The van der Waals surface area contributed by atoms with Crippen LogP contribution in [0.15, 0.2) is 58.2 Å². The first-order chi connectivity index (χ1) is 13.2. The Kier molecular flexibility index (Phi) is 6.32. The van der Waals surface area contributed by atoms with Crippen LogP contribution in [0.5, 0.6) is 11.5 Å². The van der Waals surface area contributed by atoms with E-state index in [-0.39, 0.29) is 11.7 Å². The van der Waals surface area contributed by atoms with Crippen molar-refractivity contribution in [3.05, 3.63) is 48.5 Å². The molecule has 0 aliphatic heterocycles. The van der Waals surface area contributed by atoms with Gasteiger partial charge in [-0.15, -0.1) is 10.2 Å². The second-order valence-corrected chi connectivity index (χ2v) is 6.33. The van der Waals surface area contributed by atoms with E-state index in [9.17, 15) is 4.79 Å². The fraction of sp³-hybridized carbons (Fsp3) is 0.211. The minimum absolute atomic E-state index is 0.155. The third-order valence-corrected chi connectivity index (χ3v) is 4.32. The highest BCUT2D eigenvalue weighted by Gasteiger charge is 2.12. The molecule has 3 aromatic rings. The molecule has 0 atom stereocenters. The van der Waals surface area contributed by atoms with Gasteiger partial charge in [0.2, 0.25) is 11.8 Å². The van der Waals surface area contributed by atoms with Crippen molar-refractivity contribution in [2.45, 2.75) is 12.1 Å². The number of rotatable bonds is 8. The second kappa shape index (κ2) is 9.09. The van der Waals surface area contributed by atoms with Gasteiger partial charge in [-0.1, -0.05) is 17.8 Å². The normalized spacial score (nSPS) is 10.4. The zero-order chi connectivity index (χ0) is 19.1. The summed E-state index contributed by atoms with van der Waals surface area (Å²) in [5, 5.41) is 11.1. The van der Waals surface area contributed by atoms with Gasteiger partial charge in [0.05, 0.1) is 19.5 Å². The predicted molar refractivity (Wildman–Crippen MR) is 103 cm³/mol. The Morgan fingerprint density at radius 2 is 1.96 bits per heavy atom. The van der Waals surface area contributed by atoms with Crippen LogP contribution in [0.25, 0.3) is 11.5 Å². The highest BCUT2D eigenvalue weighted by Crippen LogP contribution is 2.25. The average molecular weight is 385 g/mol. The number of nitrogens with zero attached hydrogens (tertiary/aromatic N) is 2. The predicted octanol–water partition coefficient (Wildman–Crippen LogP) is 3.87. The van der Waals surface area contributed by atoms with Crippen LogP contribution in [0, 0.1) is 0 Å². The van der Waals surface area contributed by atoms with Gasteiger partial charge in [0.1, 0.15) is 11.5 Å². The van der Waals surface area contributed by atoms with E-state index in [0.717, 1.165) is 11.3 Å². The molecule has 0 spiro atoms. The summed E-state index contributed by atoms with van der Waals surface area (Å²) in [6.07, 6.45) is 0. The molecule has 0 saturated heterocycles. The van der Waals surface area contributed by atoms with E-state index in [1.165, 1.54) is 11.8 Å². The van der Waals surface area contributed by atoms with Gasteiger partial charge in [0, 0.05) is 17.3 Å². The number of carbonyl (C=O) groups excluding carboxylic acids is 1. The van der Waals surface area contributed by atoms with Gasteiger partial charge in [0.25, 0.3) is 5.22 Å². The smallest absolute Gasteiger partial charge is 0.277 e. The summed E-state index contributed by atoms with van der Waals surface area (Å²) in [7, 11) is 1.58. The van der Waals surface area contributed by atoms with Crippen LogP contribution in [-0.2, 0) is 4.79 Å². The molecule has 2 aromatic carbocycles. The lowest BCUT2D eigenvalue weighted by molar-refractivity contribution is -0.113. The number of amides is 1. The van der Waals surface area contributed by atoms with Gasteiger partial charge in [0.15, 0.2) is 0 Å². The van der Waals surface area contributed by atoms with Gasteiger partial charge < -0.3 is 19.2 Å². The standard InChI is InChI=1S/C19H19N3O4S/c1-3-25-15-9-7-13(8-10-15)18-21-22-19(26-18)27-12-17(23)20-14-5-4-6-16(11-14)24-2/h4-11H,3,12H2,1-2H3,(H,20,23). The SMILES string of the molecule is CCOc1ccc(-c2nnc(SCC(=O)Nc3cccc(OC)c3)o2)cc1. The quantitative estimate of drug-likeness (QED) is 0.589. The number of hydrogen-bond donors (Lipinski definition) is 1. The van der Waals surface area contributed by atoms with Gasteiger partial charge in [-0.2, -0.15) is 0 Å². The molecule has 140 valence electrons. The Labute approximate surface area is 161 Å². The number of ether oxygens (including phenoxy) is 2. The van der Waals surface area contributed by atoms with Crippen molar-refractivity contribution < 1.29 is 18.7 Å². The fourth-order valence-electron chi connectivity index (χ4n) is 2.27. The molecular formula is C19H19N3O4S. The third-order valence-electron chi connectivity index (χ3n) is 3.50. The second-order valence-electron chi connectivity index (χ2n) is 5.40. The van der Waals surface area contributed by atoms with E-state index in [4.69, 9.17) is 13.9 Å². The molecule has 0 aliphatic rings. The molecule has 0 aliphatic carbocycles. The maximum Gasteiger partial charge on any atom is 0.277 e. The molecule has 1 N–H and O–H groups in total. The van der Waals surface area contributed by atoms with Crippen molar-refractivity contribution in [1.82, 2.24) is 10.2 Å². The van der Waals surface area contributed by atoms with Crippen LogP contribution in [0.1, 0.15) is 6.92 Å². The van der Waals surface area contributed by atoms with Crippen molar-refractivity contribution >= 4 is 23.4 Å². The maximum absolute atomic E-state index is 12.1. The molecule has 27 heavy (non-hydrogen) atoms. The molecule has 0 fully saturated rings. The molecule has 0 unspecified atom stereocenters. The number of methoxy groups -OCH3 is 1. The topological polar surface area (TPSA) is 86.5 Å². The van der Waals surface area contributed by atoms with Crippen LogP contribution in [-0.4, -0.2) is 35.6 Å².